The fourth-order valence-electron chi connectivity index (χ4n) is 2.44. The van der Waals surface area contributed by atoms with Crippen LogP contribution in [0.15, 0.2) is 0 Å². The zero-order chi connectivity index (χ0) is 15.0. The predicted molar refractivity (Wildman–Crippen MR) is 77.1 cm³/mol. The van der Waals surface area contributed by atoms with Gasteiger partial charge in [-0.3, -0.25) is 19.4 Å². The summed E-state index contributed by atoms with van der Waals surface area (Å²) in [6, 6.07) is -0.445. The summed E-state index contributed by atoms with van der Waals surface area (Å²) in [7, 11) is 0. The molecule has 0 N–H and O–H groups in total. The summed E-state index contributed by atoms with van der Waals surface area (Å²) in [5.41, 5.74) is 0. The fourth-order valence-corrected chi connectivity index (χ4v) is 2.44. The summed E-state index contributed by atoms with van der Waals surface area (Å²) in [5.74, 6) is -0.427. The van der Waals surface area contributed by atoms with E-state index in [4.69, 9.17) is 0 Å². The zero-order valence-corrected chi connectivity index (χ0v) is 12.7. The van der Waals surface area contributed by atoms with Crippen LogP contribution < -0.4 is 0 Å². The molecule has 0 spiro atoms. The molecule has 0 saturated carbocycles. The molecule has 5 nitrogen and oxygen atoms in total. The van der Waals surface area contributed by atoms with E-state index in [0.717, 1.165) is 24.2 Å². The number of carbonyl (C=O) groups excluding carboxylic acids is 3. The molecule has 1 aliphatic heterocycles. The second-order valence-corrected chi connectivity index (χ2v) is 5.37. The van der Waals surface area contributed by atoms with E-state index in [-0.39, 0.29) is 11.8 Å². The SMILES string of the molecule is CCCCCCCCC(=O)N1CCCN(C(C)=O)C1=O. The molecule has 0 bridgehead atoms. The number of carbonyl (C=O) groups is 3. The van der Waals surface area contributed by atoms with Crippen molar-refractivity contribution in [2.24, 2.45) is 0 Å². The molecule has 0 aromatic carbocycles. The third-order valence-electron chi connectivity index (χ3n) is 3.65. The number of urea groups is 1. The number of imide groups is 2. The van der Waals surface area contributed by atoms with Crippen LogP contribution in [0.3, 0.4) is 0 Å². The number of nitrogens with zero attached hydrogens (tertiary/aromatic N) is 2. The van der Waals surface area contributed by atoms with Crippen LogP contribution in [0.25, 0.3) is 0 Å². The average Bonchev–Trinajstić information content (AvgIpc) is 2.42. The minimum absolute atomic E-state index is 0.142. The van der Waals surface area contributed by atoms with Gasteiger partial charge in [0.05, 0.1) is 0 Å². The number of rotatable bonds is 7. The molecular formula is C15H26N2O3. The van der Waals surface area contributed by atoms with Crippen LogP contribution in [-0.4, -0.2) is 40.7 Å². The maximum atomic E-state index is 12.0. The molecule has 0 aromatic rings. The van der Waals surface area contributed by atoms with Gasteiger partial charge in [0, 0.05) is 26.4 Å². The van der Waals surface area contributed by atoms with Crippen molar-refractivity contribution >= 4 is 17.8 Å². The van der Waals surface area contributed by atoms with E-state index in [0.29, 0.717) is 25.9 Å². The zero-order valence-electron chi connectivity index (χ0n) is 12.7. The second-order valence-electron chi connectivity index (χ2n) is 5.37. The van der Waals surface area contributed by atoms with Crippen molar-refractivity contribution in [3.05, 3.63) is 0 Å². The Labute approximate surface area is 121 Å². The normalized spacial score (nSPS) is 15.6. The van der Waals surface area contributed by atoms with E-state index in [1.165, 1.54) is 31.1 Å². The van der Waals surface area contributed by atoms with Crippen molar-refractivity contribution in [3.8, 4) is 0 Å². The van der Waals surface area contributed by atoms with Gasteiger partial charge >= 0.3 is 6.03 Å². The van der Waals surface area contributed by atoms with Crippen molar-refractivity contribution in [2.45, 2.75) is 65.2 Å². The van der Waals surface area contributed by atoms with Crippen LogP contribution in [0.1, 0.15) is 65.2 Å². The molecule has 20 heavy (non-hydrogen) atoms. The Bertz CT molecular complexity index is 355. The van der Waals surface area contributed by atoms with E-state index < -0.39 is 6.03 Å². The van der Waals surface area contributed by atoms with Crippen LogP contribution in [0.4, 0.5) is 4.79 Å². The summed E-state index contributed by atoms with van der Waals surface area (Å²) < 4.78 is 0. The highest BCUT2D eigenvalue weighted by Crippen LogP contribution is 2.13. The Kier molecular flexibility index (Phi) is 7.26. The van der Waals surface area contributed by atoms with Crippen LogP contribution in [0.5, 0.6) is 0 Å². The molecule has 1 heterocycles. The molecule has 1 rings (SSSR count). The van der Waals surface area contributed by atoms with Crippen LogP contribution in [-0.2, 0) is 9.59 Å². The maximum absolute atomic E-state index is 12.0. The minimum atomic E-state index is -0.445. The van der Waals surface area contributed by atoms with Gasteiger partial charge in [-0.05, 0) is 12.8 Å². The molecule has 5 heteroatoms. The van der Waals surface area contributed by atoms with Crippen molar-refractivity contribution in [3.63, 3.8) is 0 Å². The summed E-state index contributed by atoms with van der Waals surface area (Å²) in [5, 5.41) is 0. The third-order valence-corrected chi connectivity index (χ3v) is 3.65. The topological polar surface area (TPSA) is 57.7 Å². The fraction of sp³-hybridized carbons (Fsp3) is 0.800. The molecule has 1 fully saturated rings. The third kappa shape index (κ3) is 4.94. The molecule has 114 valence electrons. The highest BCUT2D eigenvalue weighted by atomic mass is 16.2. The standard InChI is InChI=1S/C15H26N2O3/c1-3-4-5-6-7-8-10-14(19)17-12-9-11-16(13(2)18)15(17)20/h3-12H2,1-2H3. The summed E-state index contributed by atoms with van der Waals surface area (Å²) in [4.78, 5) is 37.7. The molecule has 0 unspecified atom stereocenters. The molecule has 1 saturated heterocycles. The molecular weight excluding hydrogens is 256 g/mol. The Morgan fingerprint density at radius 1 is 1.00 bits per heavy atom. The van der Waals surface area contributed by atoms with Crippen LogP contribution in [0.2, 0.25) is 0 Å². The quantitative estimate of drug-likeness (QED) is 0.675. The van der Waals surface area contributed by atoms with Gasteiger partial charge < -0.3 is 0 Å². The van der Waals surface area contributed by atoms with E-state index in [2.05, 4.69) is 6.92 Å². The smallest absolute Gasteiger partial charge is 0.275 e. The first-order valence-electron chi connectivity index (χ1n) is 7.70. The lowest BCUT2D eigenvalue weighted by Gasteiger charge is -2.32. The maximum Gasteiger partial charge on any atom is 0.333 e. The number of unbranched alkanes of at least 4 members (excludes halogenated alkanes) is 5. The van der Waals surface area contributed by atoms with Crippen LogP contribution in [0, 0.1) is 0 Å². The second kappa shape index (κ2) is 8.72. The van der Waals surface area contributed by atoms with Crippen molar-refractivity contribution in [1.29, 1.82) is 0 Å². The van der Waals surface area contributed by atoms with Crippen molar-refractivity contribution in [2.75, 3.05) is 13.1 Å². The van der Waals surface area contributed by atoms with Gasteiger partial charge in [-0.25, -0.2) is 4.79 Å². The van der Waals surface area contributed by atoms with Crippen LogP contribution >= 0.6 is 0 Å². The van der Waals surface area contributed by atoms with Crippen molar-refractivity contribution < 1.29 is 14.4 Å². The molecule has 0 atom stereocenters. The lowest BCUT2D eigenvalue weighted by atomic mass is 10.1. The summed E-state index contributed by atoms with van der Waals surface area (Å²) in [6.07, 6.45) is 7.75. The number of hydrogen-bond donors (Lipinski definition) is 0. The number of hydrogen-bond acceptors (Lipinski definition) is 3. The summed E-state index contributed by atoms with van der Waals surface area (Å²) in [6.45, 7) is 4.40. The monoisotopic (exact) mass is 282 g/mol. The lowest BCUT2D eigenvalue weighted by molar-refractivity contribution is -0.132. The highest BCUT2D eigenvalue weighted by molar-refractivity contribution is 6.02. The minimum Gasteiger partial charge on any atom is -0.275 e. The number of amides is 4. The Balaban J connectivity index is 2.31. The average molecular weight is 282 g/mol. The molecule has 4 amide bonds. The van der Waals surface area contributed by atoms with E-state index in [1.54, 1.807) is 0 Å². The first-order valence-corrected chi connectivity index (χ1v) is 7.70. The molecule has 0 aromatic heterocycles. The molecule has 0 aliphatic carbocycles. The van der Waals surface area contributed by atoms with Gasteiger partial charge in [0.2, 0.25) is 11.8 Å². The van der Waals surface area contributed by atoms with Gasteiger partial charge in [-0.2, -0.15) is 0 Å². The van der Waals surface area contributed by atoms with Gasteiger partial charge in [-0.15, -0.1) is 0 Å². The predicted octanol–water partition coefficient (Wildman–Crippen LogP) is 2.94. The van der Waals surface area contributed by atoms with Gasteiger partial charge in [0.1, 0.15) is 0 Å². The van der Waals surface area contributed by atoms with E-state index in [1.807, 2.05) is 0 Å². The van der Waals surface area contributed by atoms with E-state index >= 15 is 0 Å². The van der Waals surface area contributed by atoms with E-state index in [9.17, 15) is 14.4 Å². The largest absolute Gasteiger partial charge is 0.333 e. The Morgan fingerprint density at radius 2 is 1.60 bits per heavy atom. The van der Waals surface area contributed by atoms with Gasteiger partial charge in [0.15, 0.2) is 0 Å². The Morgan fingerprint density at radius 3 is 2.25 bits per heavy atom. The lowest BCUT2D eigenvalue weighted by Crippen LogP contribution is -2.53. The first kappa shape index (κ1) is 16.7. The Hall–Kier alpha value is -1.39. The summed E-state index contributed by atoms with van der Waals surface area (Å²) >= 11 is 0. The molecule has 1 aliphatic rings. The first-order chi connectivity index (χ1) is 9.57. The van der Waals surface area contributed by atoms with Gasteiger partial charge in [-0.1, -0.05) is 39.0 Å². The van der Waals surface area contributed by atoms with Crippen molar-refractivity contribution in [1.82, 2.24) is 9.80 Å². The molecule has 0 radical (unpaired) electrons. The highest BCUT2D eigenvalue weighted by Gasteiger charge is 2.31. The van der Waals surface area contributed by atoms with Gasteiger partial charge in [0.25, 0.3) is 0 Å².